The number of benzene rings is 1. The van der Waals surface area contributed by atoms with Gasteiger partial charge in [-0.2, -0.15) is 0 Å². The molecule has 6 heteroatoms. The first-order valence-corrected chi connectivity index (χ1v) is 8.31. The van der Waals surface area contributed by atoms with E-state index in [0.717, 1.165) is 11.3 Å². The highest BCUT2D eigenvalue weighted by Gasteiger charge is 2.03. The van der Waals surface area contributed by atoms with Gasteiger partial charge in [0.2, 0.25) is 5.91 Å². The van der Waals surface area contributed by atoms with Gasteiger partial charge in [-0.05, 0) is 42.8 Å². The van der Waals surface area contributed by atoms with Crippen LogP contribution in [0.2, 0.25) is 0 Å². The van der Waals surface area contributed by atoms with Crippen molar-refractivity contribution in [3.8, 4) is 29.1 Å². The topological polar surface area (TPSA) is 69.7 Å². The summed E-state index contributed by atoms with van der Waals surface area (Å²) in [5, 5.41) is 2.69. The Morgan fingerprint density at radius 1 is 1.15 bits per heavy atom. The van der Waals surface area contributed by atoms with Gasteiger partial charge in [0.15, 0.2) is 11.5 Å². The molecule has 0 aliphatic heterocycles. The molecule has 27 heavy (non-hydrogen) atoms. The van der Waals surface area contributed by atoms with E-state index >= 15 is 0 Å². The Bertz CT molecular complexity index is 849. The number of rotatable bonds is 7. The van der Waals surface area contributed by atoms with Crippen molar-refractivity contribution in [2.75, 3.05) is 27.4 Å². The molecule has 0 radical (unpaired) electrons. The predicted octanol–water partition coefficient (Wildman–Crippen LogP) is 2.62. The first-order valence-electron chi connectivity index (χ1n) is 8.31. The molecule has 2 aromatic rings. The summed E-state index contributed by atoms with van der Waals surface area (Å²) in [6.45, 7) is 2.39. The van der Waals surface area contributed by atoms with Crippen LogP contribution in [0, 0.1) is 18.8 Å². The number of pyridine rings is 1. The molecule has 6 nitrogen and oxygen atoms in total. The quantitative estimate of drug-likeness (QED) is 0.603. The highest BCUT2D eigenvalue weighted by atomic mass is 16.5. The summed E-state index contributed by atoms with van der Waals surface area (Å²) in [5.41, 5.74) is 1.76. The minimum absolute atomic E-state index is 0.234. The lowest BCUT2D eigenvalue weighted by atomic mass is 10.2. The molecule has 0 saturated carbocycles. The Kier molecular flexibility index (Phi) is 7.73. The second-order valence-electron chi connectivity index (χ2n) is 5.44. The lowest BCUT2D eigenvalue weighted by Crippen LogP contribution is -2.21. The normalized spacial score (nSPS) is 10.0. The summed E-state index contributed by atoms with van der Waals surface area (Å²) < 4.78 is 15.8. The fraction of sp³-hybridized carbons (Fsp3) is 0.238. The number of hydrogen-bond donors (Lipinski definition) is 1. The Morgan fingerprint density at radius 2 is 1.96 bits per heavy atom. The second kappa shape index (κ2) is 10.5. The Hall–Kier alpha value is -3.46. The number of ether oxygens (including phenoxy) is 3. The lowest BCUT2D eigenvalue weighted by Gasteiger charge is -2.07. The van der Waals surface area contributed by atoms with E-state index in [9.17, 15) is 4.79 Å². The third kappa shape index (κ3) is 6.75. The first-order chi connectivity index (χ1) is 13.1. The molecule has 1 aromatic heterocycles. The fourth-order valence-corrected chi connectivity index (χ4v) is 2.09. The number of nitrogens with one attached hydrogen (secondary N) is 1. The molecule has 0 fully saturated rings. The monoisotopic (exact) mass is 366 g/mol. The molecule has 2 rings (SSSR count). The maximum absolute atomic E-state index is 11.8. The summed E-state index contributed by atoms with van der Waals surface area (Å²) >= 11 is 0. The zero-order valence-corrected chi connectivity index (χ0v) is 15.6. The number of nitrogens with zero attached hydrogens (tertiary/aromatic N) is 1. The van der Waals surface area contributed by atoms with E-state index in [1.165, 1.54) is 6.08 Å². The van der Waals surface area contributed by atoms with E-state index in [1.54, 1.807) is 38.6 Å². The molecule has 0 saturated heterocycles. The molecule has 140 valence electrons. The molecule has 0 aliphatic carbocycles. The number of carbonyl (C=O) groups is 1. The van der Waals surface area contributed by atoms with Crippen molar-refractivity contribution in [3.05, 3.63) is 53.9 Å². The maximum atomic E-state index is 11.8. The molecule has 1 aromatic carbocycles. The van der Waals surface area contributed by atoms with Crippen LogP contribution in [0.5, 0.6) is 17.2 Å². The lowest BCUT2D eigenvalue weighted by molar-refractivity contribution is -0.116. The van der Waals surface area contributed by atoms with E-state index in [4.69, 9.17) is 14.2 Å². The van der Waals surface area contributed by atoms with Crippen LogP contribution >= 0.6 is 0 Å². The largest absolute Gasteiger partial charge is 0.493 e. The van der Waals surface area contributed by atoms with Crippen LogP contribution in [-0.4, -0.2) is 38.3 Å². The molecular weight excluding hydrogens is 344 g/mol. The summed E-state index contributed by atoms with van der Waals surface area (Å²) in [6.07, 6.45) is 4.79. The van der Waals surface area contributed by atoms with Crippen molar-refractivity contribution in [2.45, 2.75) is 6.92 Å². The minimum Gasteiger partial charge on any atom is -0.493 e. The van der Waals surface area contributed by atoms with E-state index in [2.05, 4.69) is 22.1 Å². The molecule has 0 bridgehead atoms. The van der Waals surface area contributed by atoms with Gasteiger partial charge in [0, 0.05) is 11.8 Å². The molecular formula is C21H22N2O4. The minimum atomic E-state index is -0.234. The van der Waals surface area contributed by atoms with Gasteiger partial charge in [-0.1, -0.05) is 17.9 Å². The highest BCUT2D eigenvalue weighted by Crippen LogP contribution is 2.27. The van der Waals surface area contributed by atoms with Gasteiger partial charge in [-0.3, -0.25) is 9.78 Å². The molecule has 0 unspecified atom stereocenters. The van der Waals surface area contributed by atoms with Gasteiger partial charge >= 0.3 is 0 Å². The van der Waals surface area contributed by atoms with Gasteiger partial charge in [-0.15, -0.1) is 0 Å². The summed E-state index contributed by atoms with van der Waals surface area (Å²) in [5.74, 6) is 7.34. The van der Waals surface area contributed by atoms with Crippen LogP contribution in [0.25, 0.3) is 6.08 Å². The van der Waals surface area contributed by atoms with Crippen molar-refractivity contribution in [3.63, 3.8) is 0 Å². The van der Waals surface area contributed by atoms with Crippen LogP contribution in [-0.2, 0) is 4.79 Å². The average molecular weight is 366 g/mol. The number of aryl methyl sites for hydroxylation is 1. The summed E-state index contributed by atoms with van der Waals surface area (Å²) in [7, 11) is 3.14. The van der Waals surface area contributed by atoms with Crippen molar-refractivity contribution in [1.29, 1.82) is 0 Å². The Morgan fingerprint density at radius 3 is 2.67 bits per heavy atom. The van der Waals surface area contributed by atoms with Crippen LogP contribution in [0.1, 0.15) is 11.3 Å². The highest BCUT2D eigenvalue weighted by molar-refractivity contribution is 5.91. The number of aromatic nitrogens is 1. The van der Waals surface area contributed by atoms with E-state index in [-0.39, 0.29) is 19.1 Å². The summed E-state index contributed by atoms with van der Waals surface area (Å²) in [4.78, 5) is 15.9. The zero-order valence-electron chi connectivity index (χ0n) is 15.6. The molecule has 0 atom stereocenters. The van der Waals surface area contributed by atoms with Crippen molar-refractivity contribution in [2.24, 2.45) is 0 Å². The van der Waals surface area contributed by atoms with Gasteiger partial charge in [-0.25, -0.2) is 0 Å². The van der Waals surface area contributed by atoms with E-state index in [1.807, 2.05) is 25.1 Å². The fourth-order valence-electron chi connectivity index (χ4n) is 2.09. The van der Waals surface area contributed by atoms with Crippen molar-refractivity contribution >= 4 is 12.0 Å². The molecule has 1 heterocycles. The zero-order chi connectivity index (χ0) is 19.5. The van der Waals surface area contributed by atoms with Gasteiger partial charge in [0.25, 0.3) is 0 Å². The van der Waals surface area contributed by atoms with Crippen LogP contribution < -0.4 is 19.5 Å². The number of hydrogen-bond acceptors (Lipinski definition) is 5. The maximum Gasteiger partial charge on any atom is 0.244 e. The molecule has 0 aliphatic rings. The summed E-state index contributed by atoms with van der Waals surface area (Å²) in [6, 6.07) is 9.12. The number of amides is 1. The second-order valence-corrected chi connectivity index (χ2v) is 5.44. The van der Waals surface area contributed by atoms with Crippen LogP contribution in [0.4, 0.5) is 0 Å². The van der Waals surface area contributed by atoms with Gasteiger partial charge in [0.05, 0.1) is 27.0 Å². The third-order valence-corrected chi connectivity index (χ3v) is 3.51. The van der Waals surface area contributed by atoms with Crippen LogP contribution in [0.15, 0.2) is 42.6 Å². The number of carbonyl (C=O) groups excluding carboxylic acids is 1. The van der Waals surface area contributed by atoms with Crippen LogP contribution in [0.3, 0.4) is 0 Å². The smallest absolute Gasteiger partial charge is 0.244 e. The first kappa shape index (κ1) is 19.9. The van der Waals surface area contributed by atoms with Crippen molar-refractivity contribution < 1.29 is 19.0 Å². The molecule has 0 spiro atoms. The average Bonchev–Trinajstić information content (AvgIpc) is 2.70. The number of methoxy groups -OCH3 is 2. The Labute approximate surface area is 159 Å². The SMILES string of the molecule is COc1ccc(/C=C/C(=O)NCC#CCOc2ccc(C)nc2)cc1OC. The van der Waals surface area contributed by atoms with Gasteiger partial charge in [0.1, 0.15) is 12.4 Å². The standard InChI is InChI=1S/C21H22N2O4/c1-16-6-9-18(15-23-16)27-13-5-4-12-22-21(24)11-8-17-7-10-19(25-2)20(14-17)26-3/h6-11,14-15H,12-13H2,1-3H3,(H,22,24)/b11-8+. The third-order valence-electron chi connectivity index (χ3n) is 3.51. The van der Waals surface area contributed by atoms with E-state index < -0.39 is 0 Å². The molecule has 1 N–H and O–H groups in total. The predicted molar refractivity (Wildman–Crippen MR) is 104 cm³/mol. The van der Waals surface area contributed by atoms with Gasteiger partial charge < -0.3 is 19.5 Å². The Balaban J connectivity index is 1.74. The van der Waals surface area contributed by atoms with E-state index in [0.29, 0.717) is 17.2 Å². The molecule has 1 amide bonds. The van der Waals surface area contributed by atoms with Crippen molar-refractivity contribution in [1.82, 2.24) is 10.3 Å².